The van der Waals surface area contributed by atoms with Crippen LogP contribution in [0.3, 0.4) is 0 Å². The Bertz CT molecular complexity index is 582. The maximum atomic E-state index is 12.0. The summed E-state index contributed by atoms with van der Waals surface area (Å²) in [6, 6.07) is 6.87. The summed E-state index contributed by atoms with van der Waals surface area (Å²) in [4.78, 5) is 12.0. The highest BCUT2D eigenvalue weighted by molar-refractivity contribution is 7.99. The molecule has 0 saturated carbocycles. The highest BCUT2D eigenvalue weighted by atomic mass is 35.5. The van der Waals surface area contributed by atoms with Crippen molar-refractivity contribution in [3.8, 4) is 0 Å². The van der Waals surface area contributed by atoms with Crippen LogP contribution < -0.4 is 0 Å². The second-order valence-electron chi connectivity index (χ2n) is 4.76. The van der Waals surface area contributed by atoms with Crippen LogP contribution in [0, 0.1) is 5.92 Å². The van der Waals surface area contributed by atoms with Crippen LogP contribution in [0.2, 0.25) is 5.02 Å². The zero-order chi connectivity index (χ0) is 14.5. The summed E-state index contributed by atoms with van der Waals surface area (Å²) in [6.45, 7) is 4.93. The van der Waals surface area contributed by atoms with Gasteiger partial charge in [-0.05, 0) is 40.6 Å². The molecular weight excluding hydrogens is 296 g/mol. The van der Waals surface area contributed by atoms with Crippen LogP contribution >= 0.6 is 23.4 Å². The van der Waals surface area contributed by atoms with Crippen LogP contribution in [0.4, 0.5) is 0 Å². The molecule has 7 heteroatoms. The number of benzene rings is 1. The predicted molar refractivity (Wildman–Crippen MR) is 79.2 cm³/mol. The van der Waals surface area contributed by atoms with Crippen molar-refractivity contribution < 1.29 is 4.79 Å². The molecule has 0 bridgehead atoms. The smallest absolute Gasteiger partial charge is 0.209 e. The number of ketones is 1. The largest absolute Gasteiger partial charge is 0.293 e. The number of tetrazole rings is 1. The molecule has 0 radical (unpaired) electrons. The van der Waals surface area contributed by atoms with Crippen molar-refractivity contribution in [1.29, 1.82) is 0 Å². The van der Waals surface area contributed by atoms with Gasteiger partial charge >= 0.3 is 0 Å². The molecule has 0 unspecified atom stereocenters. The van der Waals surface area contributed by atoms with Crippen molar-refractivity contribution in [2.45, 2.75) is 25.5 Å². The molecule has 0 aliphatic carbocycles. The first-order valence-corrected chi connectivity index (χ1v) is 7.60. The van der Waals surface area contributed by atoms with Gasteiger partial charge in [-0.15, -0.1) is 5.10 Å². The minimum atomic E-state index is 0.0331. The Morgan fingerprint density at radius 1 is 1.35 bits per heavy atom. The third-order valence-electron chi connectivity index (χ3n) is 2.54. The molecule has 2 rings (SSSR count). The number of hydrogen-bond donors (Lipinski definition) is 0. The number of Topliss-reactive ketones (excluding diaryl/α,β-unsaturated/α-hetero) is 1. The topological polar surface area (TPSA) is 60.7 Å². The Kier molecular flexibility index (Phi) is 5.14. The average Bonchev–Trinajstić information content (AvgIpc) is 2.83. The van der Waals surface area contributed by atoms with Gasteiger partial charge in [0.1, 0.15) is 0 Å². The van der Waals surface area contributed by atoms with Gasteiger partial charge in [0, 0.05) is 17.1 Å². The number of rotatable bonds is 6. The van der Waals surface area contributed by atoms with Gasteiger partial charge in [0.15, 0.2) is 5.78 Å². The highest BCUT2D eigenvalue weighted by Crippen LogP contribution is 2.18. The van der Waals surface area contributed by atoms with Crippen molar-refractivity contribution in [3.05, 3.63) is 34.9 Å². The lowest BCUT2D eigenvalue weighted by atomic mass is 10.1. The van der Waals surface area contributed by atoms with E-state index in [9.17, 15) is 4.79 Å². The fraction of sp³-hybridized carbons (Fsp3) is 0.385. The molecule has 0 amide bonds. The molecule has 0 N–H and O–H groups in total. The van der Waals surface area contributed by atoms with E-state index in [1.165, 1.54) is 11.8 Å². The molecule has 2 aromatic rings. The Balaban J connectivity index is 1.96. The van der Waals surface area contributed by atoms with E-state index in [1.807, 2.05) is 0 Å². The quantitative estimate of drug-likeness (QED) is 0.606. The third kappa shape index (κ3) is 4.05. The predicted octanol–water partition coefficient (Wildman–Crippen LogP) is 2.96. The van der Waals surface area contributed by atoms with Crippen LogP contribution in [0.5, 0.6) is 0 Å². The normalized spacial score (nSPS) is 11.0. The summed E-state index contributed by atoms with van der Waals surface area (Å²) in [6.07, 6.45) is 0. The second kappa shape index (κ2) is 6.85. The van der Waals surface area contributed by atoms with Crippen LogP contribution in [-0.2, 0) is 6.54 Å². The van der Waals surface area contributed by atoms with Crippen LogP contribution in [-0.4, -0.2) is 31.7 Å². The molecular formula is C13H15ClN4OS. The van der Waals surface area contributed by atoms with Crippen LogP contribution in [0.1, 0.15) is 24.2 Å². The Morgan fingerprint density at radius 2 is 2.05 bits per heavy atom. The minimum Gasteiger partial charge on any atom is -0.293 e. The summed E-state index contributed by atoms with van der Waals surface area (Å²) in [5, 5.41) is 12.8. The van der Waals surface area contributed by atoms with E-state index >= 15 is 0 Å². The van der Waals surface area contributed by atoms with Gasteiger partial charge in [0.05, 0.1) is 5.75 Å². The van der Waals surface area contributed by atoms with E-state index in [-0.39, 0.29) is 5.78 Å². The second-order valence-corrected chi connectivity index (χ2v) is 6.14. The fourth-order valence-electron chi connectivity index (χ4n) is 1.61. The molecule has 1 heterocycles. The van der Waals surface area contributed by atoms with E-state index < -0.39 is 0 Å². The molecule has 5 nitrogen and oxygen atoms in total. The van der Waals surface area contributed by atoms with Crippen molar-refractivity contribution in [2.75, 3.05) is 5.75 Å². The molecule has 0 aliphatic rings. The number of halogens is 1. The lowest BCUT2D eigenvalue weighted by molar-refractivity contribution is 0.102. The van der Waals surface area contributed by atoms with Crippen LogP contribution in [0.15, 0.2) is 29.4 Å². The van der Waals surface area contributed by atoms with Gasteiger partial charge in [0.25, 0.3) is 0 Å². The van der Waals surface area contributed by atoms with Crippen molar-refractivity contribution >= 4 is 29.1 Å². The molecule has 0 fully saturated rings. The summed E-state index contributed by atoms with van der Waals surface area (Å²) in [5.74, 6) is 0.788. The standard InChI is InChI=1S/C13H15ClN4OS/c1-9(2)7-18-13(15-16-17-18)20-8-12(19)10-3-5-11(14)6-4-10/h3-6,9H,7-8H2,1-2H3. The average molecular weight is 311 g/mol. The van der Waals surface area contributed by atoms with Gasteiger partial charge in [-0.2, -0.15) is 0 Å². The first-order valence-electron chi connectivity index (χ1n) is 6.24. The van der Waals surface area contributed by atoms with E-state index in [4.69, 9.17) is 11.6 Å². The summed E-state index contributed by atoms with van der Waals surface area (Å²) >= 11 is 7.14. The monoisotopic (exact) mass is 310 g/mol. The van der Waals surface area contributed by atoms with Gasteiger partial charge in [-0.25, -0.2) is 4.68 Å². The van der Waals surface area contributed by atoms with Gasteiger partial charge < -0.3 is 0 Å². The lowest BCUT2D eigenvalue weighted by Gasteiger charge is -2.06. The van der Waals surface area contributed by atoms with Gasteiger partial charge in [-0.1, -0.05) is 37.2 Å². The molecule has 0 atom stereocenters. The third-order valence-corrected chi connectivity index (χ3v) is 3.74. The minimum absolute atomic E-state index is 0.0331. The number of aromatic nitrogens is 4. The Hall–Kier alpha value is -1.40. The molecule has 1 aromatic heterocycles. The van der Waals surface area contributed by atoms with Crippen molar-refractivity contribution in [1.82, 2.24) is 20.2 Å². The number of carbonyl (C=O) groups excluding carboxylic acids is 1. The summed E-state index contributed by atoms with van der Waals surface area (Å²) in [7, 11) is 0. The zero-order valence-corrected chi connectivity index (χ0v) is 12.9. The molecule has 20 heavy (non-hydrogen) atoms. The Morgan fingerprint density at radius 3 is 2.70 bits per heavy atom. The molecule has 106 valence electrons. The molecule has 0 aliphatic heterocycles. The lowest BCUT2D eigenvalue weighted by Crippen LogP contribution is -2.09. The van der Waals surface area contributed by atoms with E-state index in [2.05, 4.69) is 29.4 Å². The number of carbonyl (C=O) groups is 1. The van der Waals surface area contributed by atoms with E-state index in [0.717, 1.165) is 6.54 Å². The van der Waals surface area contributed by atoms with Gasteiger partial charge in [-0.3, -0.25) is 4.79 Å². The molecule has 0 saturated heterocycles. The summed E-state index contributed by atoms with van der Waals surface area (Å²) < 4.78 is 1.73. The van der Waals surface area contributed by atoms with E-state index in [0.29, 0.717) is 27.4 Å². The fourth-order valence-corrected chi connectivity index (χ4v) is 2.52. The van der Waals surface area contributed by atoms with Crippen molar-refractivity contribution in [2.24, 2.45) is 5.92 Å². The highest BCUT2D eigenvalue weighted by Gasteiger charge is 2.12. The first-order chi connectivity index (χ1) is 9.56. The molecule has 1 aromatic carbocycles. The van der Waals surface area contributed by atoms with Gasteiger partial charge in [0.2, 0.25) is 5.16 Å². The first kappa shape index (κ1) is 15.0. The Labute approximate surface area is 126 Å². The summed E-state index contributed by atoms with van der Waals surface area (Å²) in [5.41, 5.74) is 0.643. The number of thioether (sulfide) groups is 1. The maximum Gasteiger partial charge on any atom is 0.209 e. The maximum absolute atomic E-state index is 12.0. The SMILES string of the molecule is CC(C)Cn1nnnc1SCC(=O)c1ccc(Cl)cc1. The number of hydrogen-bond acceptors (Lipinski definition) is 5. The van der Waals surface area contributed by atoms with Crippen molar-refractivity contribution in [3.63, 3.8) is 0 Å². The number of nitrogens with zero attached hydrogens (tertiary/aromatic N) is 4. The van der Waals surface area contributed by atoms with E-state index in [1.54, 1.807) is 28.9 Å². The molecule has 0 spiro atoms. The van der Waals surface area contributed by atoms with Crippen LogP contribution in [0.25, 0.3) is 0 Å². The zero-order valence-electron chi connectivity index (χ0n) is 11.3.